The zero-order chi connectivity index (χ0) is 9.80. The molecule has 1 heterocycles. The molecule has 0 bridgehead atoms. The Hall–Kier alpha value is -0.760. The predicted octanol–water partition coefficient (Wildman–Crippen LogP) is 2.33. The minimum absolute atomic E-state index is 0.631. The summed E-state index contributed by atoms with van der Waals surface area (Å²) >= 11 is 0. The molecule has 0 amide bonds. The minimum Gasteiger partial charge on any atom is -0.492 e. The Kier molecular flexibility index (Phi) is 3.25. The quantitative estimate of drug-likeness (QED) is 0.682. The van der Waals surface area contributed by atoms with Crippen LogP contribution >= 0.6 is 0 Å². The molecule has 0 spiro atoms. The summed E-state index contributed by atoms with van der Waals surface area (Å²) in [4.78, 5) is 2.40. The smallest absolute Gasteiger partial charge is 0.115 e. The molecule has 1 atom stereocenters. The van der Waals surface area contributed by atoms with E-state index in [1.807, 2.05) is 0 Å². The van der Waals surface area contributed by atoms with Gasteiger partial charge in [-0.15, -0.1) is 0 Å². The Morgan fingerprint density at radius 1 is 1.50 bits per heavy atom. The number of rotatable bonds is 3. The average Bonchev–Trinajstić information content (AvgIpc) is 2.63. The normalized spacial score (nSPS) is 27.8. The average molecular weight is 193 g/mol. The zero-order valence-corrected chi connectivity index (χ0v) is 8.91. The molecule has 0 aromatic carbocycles. The van der Waals surface area contributed by atoms with Crippen molar-refractivity contribution in [3.8, 4) is 0 Å². The summed E-state index contributed by atoms with van der Waals surface area (Å²) in [5.74, 6) is 1.07. The standard InChI is InChI=1S/C12H19NO/c1-13-9-5-6-11(13)10-14-12-7-3-2-4-8-12/h3,7-8,11H,2,4-6,9-10H2,1H3. The SMILES string of the molecule is CN1CCCC1COC1=CCCC=C1. The molecule has 1 aliphatic heterocycles. The van der Waals surface area contributed by atoms with Gasteiger partial charge in [-0.3, -0.25) is 0 Å². The number of hydrogen-bond donors (Lipinski definition) is 0. The molecule has 2 nitrogen and oxygen atoms in total. The molecule has 1 aliphatic carbocycles. The van der Waals surface area contributed by atoms with Crippen molar-refractivity contribution >= 4 is 0 Å². The Labute approximate surface area is 86.2 Å². The maximum absolute atomic E-state index is 5.77. The first-order valence-electron chi connectivity index (χ1n) is 5.56. The van der Waals surface area contributed by atoms with Crippen LogP contribution in [0.15, 0.2) is 24.0 Å². The van der Waals surface area contributed by atoms with Crippen LogP contribution < -0.4 is 0 Å². The van der Waals surface area contributed by atoms with Crippen molar-refractivity contribution in [2.75, 3.05) is 20.2 Å². The van der Waals surface area contributed by atoms with E-state index in [1.165, 1.54) is 19.4 Å². The predicted molar refractivity (Wildman–Crippen MR) is 58.1 cm³/mol. The lowest BCUT2D eigenvalue weighted by Gasteiger charge is -2.20. The fourth-order valence-corrected chi connectivity index (χ4v) is 2.08. The summed E-state index contributed by atoms with van der Waals surface area (Å²) in [6.45, 7) is 2.08. The van der Waals surface area contributed by atoms with Crippen molar-refractivity contribution in [1.82, 2.24) is 4.90 Å². The van der Waals surface area contributed by atoms with Crippen LogP contribution in [0.4, 0.5) is 0 Å². The summed E-state index contributed by atoms with van der Waals surface area (Å²) in [6.07, 6.45) is 11.4. The van der Waals surface area contributed by atoms with E-state index in [2.05, 4.69) is 30.2 Å². The van der Waals surface area contributed by atoms with Crippen LogP contribution in [0.3, 0.4) is 0 Å². The van der Waals surface area contributed by atoms with Crippen molar-refractivity contribution in [2.24, 2.45) is 0 Å². The van der Waals surface area contributed by atoms with Crippen molar-refractivity contribution in [1.29, 1.82) is 0 Å². The van der Waals surface area contributed by atoms with E-state index in [0.29, 0.717) is 6.04 Å². The van der Waals surface area contributed by atoms with Gasteiger partial charge in [0.1, 0.15) is 12.4 Å². The van der Waals surface area contributed by atoms with E-state index in [4.69, 9.17) is 4.74 Å². The maximum atomic E-state index is 5.77. The van der Waals surface area contributed by atoms with E-state index in [9.17, 15) is 0 Å². The lowest BCUT2D eigenvalue weighted by molar-refractivity contribution is 0.145. The maximum Gasteiger partial charge on any atom is 0.115 e. The number of nitrogens with zero attached hydrogens (tertiary/aromatic N) is 1. The Balaban J connectivity index is 1.76. The monoisotopic (exact) mass is 193 g/mol. The molecule has 14 heavy (non-hydrogen) atoms. The molecule has 1 saturated heterocycles. The van der Waals surface area contributed by atoms with E-state index >= 15 is 0 Å². The van der Waals surface area contributed by atoms with Gasteiger partial charge in [-0.1, -0.05) is 6.08 Å². The number of likely N-dealkylation sites (N-methyl/N-ethyl adjacent to an activating group) is 1. The zero-order valence-electron chi connectivity index (χ0n) is 8.91. The number of allylic oxidation sites excluding steroid dienone is 3. The van der Waals surface area contributed by atoms with Gasteiger partial charge >= 0.3 is 0 Å². The fourth-order valence-electron chi connectivity index (χ4n) is 2.08. The molecule has 2 heteroatoms. The molecule has 78 valence electrons. The summed E-state index contributed by atoms with van der Waals surface area (Å²) in [7, 11) is 2.19. The van der Waals surface area contributed by atoms with Crippen LogP contribution in [0.1, 0.15) is 25.7 Å². The van der Waals surface area contributed by atoms with Gasteiger partial charge in [0.05, 0.1) is 0 Å². The van der Waals surface area contributed by atoms with Gasteiger partial charge in [-0.05, 0) is 51.4 Å². The van der Waals surface area contributed by atoms with Crippen molar-refractivity contribution in [2.45, 2.75) is 31.7 Å². The molecule has 1 fully saturated rings. The first-order valence-corrected chi connectivity index (χ1v) is 5.56. The highest BCUT2D eigenvalue weighted by molar-refractivity contribution is 5.16. The first kappa shape index (κ1) is 9.78. The summed E-state index contributed by atoms with van der Waals surface area (Å²) in [6, 6.07) is 0.631. The molecule has 1 unspecified atom stereocenters. The van der Waals surface area contributed by atoms with Crippen LogP contribution in [0.25, 0.3) is 0 Å². The lowest BCUT2D eigenvalue weighted by atomic mass is 10.2. The van der Waals surface area contributed by atoms with Crippen molar-refractivity contribution in [3.63, 3.8) is 0 Å². The highest BCUT2D eigenvalue weighted by Crippen LogP contribution is 2.17. The third-order valence-corrected chi connectivity index (χ3v) is 3.07. The molecular weight excluding hydrogens is 174 g/mol. The second-order valence-corrected chi connectivity index (χ2v) is 4.17. The van der Waals surface area contributed by atoms with Gasteiger partial charge in [0.15, 0.2) is 0 Å². The molecular formula is C12H19NO. The molecule has 2 aliphatic rings. The van der Waals surface area contributed by atoms with Gasteiger partial charge in [0.2, 0.25) is 0 Å². The Morgan fingerprint density at radius 2 is 2.43 bits per heavy atom. The molecule has 0 radical (unpaired) electrons. The van der Waals surface area contributed by atoms with Gasteiger partial charge < -0.3 is 9.64 Å². The van der Waals surface area contributed by atoms with Gasteiger partial charge in [0.25, 0.3) is 0 Å². The van der Waals surface area contributed by atoms with E-state index in [-0.39, 0.29) is 0 Å². The third kappa shape index (κ3) is 2.38. The van der Waals surface area contributed by atoms with Crippen LogP contribution in [0.2, 0.25) is 0 Å². The molecule has 0 aromatic heterocycles. The lowest BCUT2D eigenvalue weighted by Crippen LogP contribution is -2.29. The van der Waals surface area contributed by atoms with Crippen LogP contribution in [-0.4, -0.2) is 31.1 Å². The molecule has 0 N–H and O–H groups in total. The van der Waals surface area contributed by atoms with Gasteiger partial charge in [-0.2, -0.15) is 0 Å². The largest absolute Gasteiger partial charge is 0.492 e. The highest BCUT2D eigenvalue weighted by atomic mass is 16.5. The minimum atomic E-state index is 0.631. The highest BCUT2D eigenvalue weighted by Gasteiger charge is 2.21. The fraction of sp³-hybridized carbons (Fsp3) is 0.667. The molecule has 0 aromatic rings. The number of likely N-dealkylation sites (tertiary alicyclic amines) is 1. The van der Waals surface area contributed by atoms with Crippen LogP contribution in [0.5, 0.6) is 0 Å². The summed E-state index contributed by atoms with van der Waals surface area (Å²) < 4.78 is 5.77. The van der Waals surface area contributed by atoms with Gasteiger partial charge in [0, 0.05) is 6.04 Å². The Bertz CT molecular complexity index is 245. The van der Waals surface area contributed by atoms with Crippen molar-refractivity contribution < 1.29 is 4.74 Å². The number of hydrogen-bond acceptors (Lipinski definition) is 2. The first-order chi connectivity index (χ1) is 6.86. The third-order valence-electron chi connectivity index (χ3n) is 3.07. The molecule has 2 rings (SSSR count). The van der Waals surface area contributed by atoms with E-state index in [0.717, 1.165) is 25.2 Å². The van der Waals surface area contributed by atoms with Crippen LogP contribution in [-0.2, 0) is 4.74 Å². The topological polar surface area (TPSA) is 12.5 Å². The molecule has 0 saturated carbocycles. The summed E-state index contributed by atoms with van der Waals surface area (Å²) in [5, 5.41) is 0. The van der Waals surface area contributed by atoms with Crippen LogP contribution in [0, 0.1) is 0 Å². The van der Waals surface area contributed by atoms with E-state index in [1.54, 1.807) is 0 Å². The Morgan fingerprint density at radius 3 is 3.07 bits per heavy atom. The van der Waals surface area contributed by atoms with E-state index < -0.39 is 0 Å². The second-order valence-electron chi connectivity index (χ2n) is 4.17. The van der Waals surface area contributed by atoms with Gasteiger partial charge in [-0.25, -0.2) is 0 Å². The second kappa shape index (κ2) is 4.65. The number of ether oxygens (including phenoxy) is 1. The summed E-state index contributed by atoms with van der Waals surface area (Å²) in [5.41, 5.74) is 0. The van der Waals surface area contributed by atoms with Crippen molar-refractivity contribution in [3.05, 3.63) is 24.0 Å².